The van der Waals surface area contributed by atoms with E-state index in [4.69, 9.17) is 4.74 Å². The number of rotatable bonds is 5. The Morgan fingerprint density at radius 1 is 1.06 bits per heavy atom. The van der Waals surface area contributed by atoms with Crippen molar-refractivity contribution < 1.29 is 4.74 Å². The van der Waals surface area contributed by atoms with Crippen LogP contribution in [0.25, 0.3) is 0 Å². The number of piperazine rings is 1. The largest absolute Gasteiger partial charge is 0.383 e. The Bertz CT molecular complexity index is 217. The molecule has 2 saturated heterocycles. The normalized spacial score (nSPS) is 28.9. The third-order valence-corrected chi connectivity index (χ3v) is 4.09. The summed E-state index contributed by atoms with van der Waals surface area (Å²) in [5, 5.41) is 0. The van der Waals surface area contributed by atoms with Crippen LogP contribution in [0.15, 0.2) is 0 Å². The lowest BCUT2D eigenvalue weighted by Crippen LogP contribution is -2.46. The molecule has 0 unspecified atom stereocenters. The number of hydrogen-bond donors (Lipinski definition) is 0. The van der Waals surface area contributed by atoms with Gasteiger partial charge >= 0.3 is 0 Å². The SMILES string of the molecule is COCCN1CC[C@H](CN2CCN(C)CC2)C1. The maximum Gasteiger partial charge on any atom is 0.0589 e. The Labute approximate surface area is 105 Å². The lowest BCUT2D eigenvalue weighted by atomic mass is 10.1. The predicted molar refractivity (Wildman–Crippen MR) is 70.4 cm³/mol. The zero-order valence-electron chi connectivity index (χ0n) is 11.4. The quantitative estimate of drug-likeness (QED) is 0.684. The lowest BCUT2D eigenvalue weighted by molar-refractivity contribution is 0.131. The molecule has 0 saturated carbocycles. The minimum absolute atomic E-state index is 0.876. The van der Waals surface area contributed by atoms with Crippen molar-refractivity contribution in [1.82, 2.24) is 14.7 Å². The first-order valence-electron chi connectivity index (χ1n) is 6.90. The van der Waals surface area contributed by atoms with E-state index in [2.05, 4.69) is 21.7 Å². The average molecular weight is 241 g/mol. The Balaban J connectivity index is 1.64. The number of methoxy groups -OCH3 is 1. The molecule has 4 nitrogen and oxygen atoms in total. The molecule has 17 heavy (non-hydrogen) atoms. The highest BCUT2D eigenvalue weighted by Crippen LogP contribution is 2.17. The molecule has 2 rings (SSSR count). The Morgan fingerprint density at radius 3 is 2.53 bits per heavy atom. The third-order valence-electron chi connectivity index (χ3n) is 4.09. The first kappa shape index (κ1) is 13.3. The van der Waals surface area contributed by atoms with E-state index in [1.54, 1.807) is 7.11 Å². The van der Waals surface area contributed by atoms with Crippen LogP contribution in [0, 0.1) is 5.92 Å². The molecule has 4 heteroatoms. The predicted octanol–water partition coefficient (Wildman–Crippen LogP) is 0.202. The van der Waals surface area contributed by atoms with Gasteiger partial charge in [-0.25, -0.2) is 0 Å². The molecule has 0 aliphatic carbocycles. The second kappa shape index (κ2) is 6.69. The van der Waals surface area contributed by atoms with Gasteiger partial charge in [-0.1, -0.05) is 0 Å². The van der Waals surface area contributed by atoms with Gasteiger partial charge in [0.25, 0.3) is 0 Å². The van der Waals surface area contributed by atoms with Crippen LogP contribution in [0.2, 0.25) is 0 Å². The maximum absolute atomic E-state index is 5.14. The molecule has 0 spiro atoms. The lowest BCUT2D eigenvalue weighted by Gasteiger charge is -2.33. The molecular weight excluding hydrogens is 214 g/mol. The Hall–Kier alpha value is -0.160. The van der Waals surface area contributed by atoms with Crippen LogP contribution in [0.4, 0.5) is 0 Å². The van der Waals surface area contributed by atoms with Crippen LogP contribution in [-0.2, 0) is 4.74 Å². The topological polar surface area (TPSA) is 19.0 Å². The Morgan fingerprint density at radius 2 is 1.82 bits per heavy atom. The van der Waals surface area contributed by atoms with Crippen molar-refractivity contribution in [3.8, 4) is 0 Å². The van der Waals surface area contributed by atoms with Gasteiger partial charge in [-0.2, -0.15) is 0 Å². The summed E-state index contributed by atoms with van der Waals surface area (Å²) in [5.41, 5.74) is 0. The van der Waals surface area contributed by atoms with Crippen molar-refractivity contribution in [1.29, 1.82) is 0 Å². The third kappa shape index (κ3) is 4.21. The van der Waals surface area contributed by atoms with Crippen molar-refractivity contribution >= 4 is 0 Å². The van der Waals surface area contributed by atoms with Crippen molar-refractivity contribution in [2.45, 2.75) is 6.42 Å². The number of likely N-dealkylation sites (tertiary alicyclic amines) is 1. The van der Waals surface area contributed by atoms with Gasteiger partial charge in [-0.05, 0) is 25.9 Å². The molecule has 2 aliphatic rings. The highest BCUT2D eigenvalue weighted by Gasteiger charge is 2.25. The van der Waals surface area contributed by atoms with E-state index in [-0.39, 0.29) is 0 Å². The zero-order chi connectivity index (χ0) is 12.1. The standard InChI is InChI=1S/C13H27N3O/c1-14-5-7-16(8-6-14)12-13-3-4-15(11-13)9-10-17-2/h13H,3-12H2,1-2H3/t13-/m0/s1. The molecule has 2 aliphatic heterocycles. The second-order valence-corrected chi connectivity index (χ2v) is 5.55. The summed E-state index contributed by atoms with van der Waals surface area (Å²) in [4.78, 5) is 7.62. The number of ether oxygens (including phenoxy) is 1. The average Bonchev–Trinajstić information content (AvgIpc) is 2.77. The van der Waals surface area contributed by atoms with Crippen LogP contribution in [0.3, 0.4) is 0 Å². The fourth-order valence-electron chi connectivity index (χ4n) is 2.88. The zero-order valence-corrected chi connectivity index (χ0v) is 11.4. The van der Waals surface area contributed by atoms with Crippen LogP contribution in [-0.4, -0.2) is 87.8 Å². The fraction of sp³-hybridized carbons (Fsp3) is 1.00. The van der Waals surface area contributed by atoms with Gasteiger partial charge in [-0.15, -0.1) is 0 Å². The fourth-order valence-corrected chi connectivity index (χ4v) is 2.88. The van der Waals surface area contributed by atoms with Gasteiger partial charge in [0.2, 0.25) is 0 Å². The number of hydrogen-bond acceptors (Lipinski definition) is 4. The van der Waals surface area contributed by atoms with Gasteiger partial charge in [0.1, 0.15) is 0 Å². The summed E-state index contributed by atoms with van der Waals surface area (Å²) in [6.07, 6.45) is 1.37. The van der Waals surface area contributed by atoms with E-state index >= 15 is 0 Å². The summed E-state index contributed by atoms with van der Waals surface area (Å²) in [7, 11) is 4.01. The van der Waals surface area contributed by atoms with Gasteiger partial charge in [0, 0.05) is 52.9 Å². The molecule has 2 fully saturated rings. The first-order valence-corrected chi connectivity index (χ1v) is 6.90. The van der Waals surface area contributed by atoms with Crippen LogP contribution < -0.4 is 0 Å². The highest BCUT2D eigenvalue weighted by atomic mass is 16.5. The molecule has 0 radical (unpaired) electrons. The summed E-state index contributed by atoms with van der Waals surface area (Å²) >= 11 is 0. The van der Waals surface area contributed by atoms with Gasteiger partial charge in [-0.3, -0.25) is 0 Å². The molecule has 0 aromatic carbocycles. The minimum Gasteiger partial charge on any atom is -0.383 e. The smallest absolute Gasteiger partial charge is 0.0589 e. The molecule has 0 bridgehead atoms. The van der Waals surface area contributed by atoms with E-state index in [0.29, 0.717) is 0 Å². The molecule has 0 aromatic heterocycles. The van der Waals surface area contributed by atoms with Crippen LogP contribution in [0.5, 0.6) is 0 Å². The van der Waals surface area contributed by atoms with E-state index in [9.17, 15) is 0 Å². The molecule has 0 amide bonds. The molecule has 0 aromatic rings. The van der Waals surface area contributed by atoms with Crippen molar-refractivity contribution in [2.24, 2.45) is 5.92 Å². The summed E-state index contributed by atoms with van der Waals surface area (Å²) in [5.74, 6) is 0.885. The number of nitrogens with zero attached hydrogens (tertiary/aromatic N) is 3. The molecular formula is C13H27N3O. The summed E-state index contributed by atoms with van der Waals surface area (Å²) in [6.45, 7) is 10.8. The van der Waals surface area contributed by atoms with Gasteiger partial charge < -0.3 is 19.4 Å². The minimum atomic E-state index is 0.876. The molecule has 0 N–H and O–H groups in total. The maximum atomic E-state index is 5.14. The van der Waals surface area contributed by atoms with E-state index < -0.39 is 0 Å². The van der Waals surface area contributed by atoms with Gasteiger partial charge in [0.15, 0.2) is 0 Å². The van der Waals surface area contributed by atoms with Crippen LogP contribution >= 0.6 is 0 Å². The summed E-state index contributed by atoms with van der Waals surface area (Å²) < 4.78 is 5.14. The van der Waals surface area contributed by atoms with Crippen molar-refractivity contribution in [3.63, 3.8) is 0 Å². The number of likely N-dealkylation sites (N-methyl/N-ethyl adjacent to an activating group) is 1. The van der Waals surface area contributed by atoms with Crippen molar-refractivity contribution in [2.75, 3.05) is 73.1 Å². The highest BCUT2D eigenvalue weighted by molar-refractivity contribution is 4.80. The van der Waals surface area contributed by atoms with E-state index in [1.165, 1.54) is 52.2 Å². The molecule has 100 valence electrons. The molecule has 1 atom stereocenters. The van der Waals surface area contributed by atoms with Crippen molar-refractivity contribution in [3.05, 3.63) is 0 Å². The van der Waals surface area contributed by atoms with E-state index in [0.717, 1.165) is 19.1 Å². The second-order valence-electron chi connectivity index (χ2n) is 5.55. The van der Waals surface area contributed by atoms with E-state index in [1.807, 2.05) is 0 Å². The first-order chi connectivity index (χ1) is 8.28. The van der Waals surface area contributed by atoms with Gasteiger partial charge in [0.05, 0.1) is 6.61 Å². The van der Waals surface area contributed by atoms with Crippen LogP contribution in [0.1, 0.15) is 6.42 Å². The monoisotopic (exact) mass is 241 g/mol. The summed E-state index contributed by atoms with van der Waals surface area (Å²) in [6, 6.07) is 0. The Kier molecular flexibility index (Phi) is 5.22. The molecule has 2 heterocycles.